The molecule has 1 aromatic carbocycles. The van der Waals surface area contributed by atoms with Gasteiger partial charge in [-0.05, 0) is 24.6 Å². The number of anilines is 1. The molecule has 1 N–H and O–H groups in total. The van der Waals surface area contributed by atoms with Crippen molar-refractivity contribution in [1.82, 2.24) is 0 Å². The number of nitrogens with zero attached hydrogens (tertiary/aromatic N) is 1. The molecule has 1 aliphatic heterocycles. The van der Waals surface area contributed by atoms with Gasteiger partial charge in [0.25, 0.3) is 0 Å². The third-order valence-corrected chi connectivity index (χ3v) is 2.63. The summed E-state index contributed by atoms with van der Waals surface area (Å²) in [6.07, 6.45) is 4.17. The van der Waals surface area contributed by atoms with Crippen molar-refractivity contribution in [2.75, 3.05) is 18.0 Å². The molecule has 1 heterocycles. The van der Waals surface area contributed by atoms with Crippen molar-refractivity contribution in [2.24, 2.45) is 0 Å². The SMILES string of the molecule is Cc1ccc(N2CC=CC2)cc1C(=O)O. The van der Waals surface area contributed by atoms with Gasteiger partial charge >= 0.3 is 5.97 Å². The normalized spacial score (nSPS) is 14.6. The van der Waals surface area contributed by atoms with E-state index in [0.29, 0.717) is 5.56 Å². The summed E-state index contributed by atoms with van der Waals surface area (Å²) in [5.41, 5.74) is 2.17. The third-order valence-electron chi connectivity index (χ3n) is 2.63. The summed E-state index contributed by atoms with van der Waals surface area (Å²) >= 11 is 0. The Morgan fingerprint density at radius 3 is 2.60 bits per heavy atom. The largest absolute Gasteiger partial charge is 0.478 e. The summed E-state index contributed by atoms with van der Waals surface area (Å²) in [5.74, 6) is -0.860. The molecular formula is C12H13NO2. The van der Waals surface area contributed by atoms with E-state index in [2.05, 4.69) is 17.1 Å². The minimum absolute atomic E-state index is 0.388. The molecule has 0 aromatic heterocycles. The van der Waals surface area contributed by atoms with Gasteiger partial charge in [0.15, 0.2) is 0 Å². The van der Waals surface area contributed by atoms with E-state index in [1.54, 1.807) is 6.07 Å². The summed E-state index contributed by atoms with van der Waals surface area (Å²) in [5, 5.41) is 9.00. The molecular weight excluding hydrogens is 190 g/mol. The van der Waals surface area contributed by atoms with Gasteiger partial charge in [0.2, 0.25) is 0 Å². The number of aryl methyl sites for hydroxylation is 1. The highest BCUT2D eigenvalue weighted by molar-refractivity contribution is 5.90. The highest BCUT2D eigenvalue weighted by Gasteiger charge is 2.12. The Hall–Kier alpha value is -1.77. The van der Waals surface area contributed by atoms with E-state index in [9.17, 15) is 4.79 Å². The molecule has 0 saturated heterocycles. The van der Waals surface area contributed by atoms with Crippen molar-refractivity contribution in [2.45, 2.75) is 6.92 Å². The van der Waals surface area contributed by atoms with E-state index in [1.165, 1.54) is 0 Å². The number of benzene rings is 1. The molecule has 1 aromatic rings. The van der Waals surface area contributed by atoms with Crippen molar-refractivity contribution in [1.29, 1.82) is 0 Å². The van der Waals surface area contributed by atoms with Gasteiger partial charge in [0, 0.05) is 18.8 Å². The van der Waals surface area contributed by atoms with Gasteiger partial charge in [-0.2, -0.15) is 0 Å². The second-order valence-corrected chi connectivity index (χ2v) is 3.68. The van der Waals surface area contributed by atoms with Crippen LogP contribution in [0.3, 0.4) is 0 Å². The van der Waals surface area contributed by atoms with Crippen LogP contribution >= 0.6 is 0 Å². The highest BCUT2D eigenvalue weighted by atomic mass is 16.4. The zero-order valence-electron chi connectivity index (χ0n) is 8.60. The number of hydrogen-bond donors (Lipinski definition) is 1. The van der Waals surface area contributed by atoms with Crippen LogP contribution in [0.15, 0.2) is 30.4 Å². The predicted molar refractivity (Wildman–Crippen MR) is 59.5 cm³/mol. The molecule has 0 atom stereocenters. The molecule has 0 saturated carbocycles. The molecule has 1 aliphatic rings. The standard InChI is InChI=1S/C12H13NO2/c1-9-4-5-10(8-11(9)12(14)15)13-6-2-3-7-13/h2-5,8H,6-7H2,1H3,(H,14,15). The Morgan fingerprint density at radius 2 is 2.00 bits per heavy atom. The van der Waals surface area contributed by atoms with Gasteiger partial charge in [-0.15, -0.1) is 0 Å². The van der Waals surface area contributed by atoms with Gasteiger partial charge in [-0.25, -0.2) is 4.79 Å². The van der Waals surface area contributed by atoms with Crippen LogP contribution in [0.2, 0.25) is 0 Å². The van der Waals surface area contributed by atoms with Gasteiger partial charge in [0.05, 0.1) is 5.56 Å². The number of rotatable bonds is 2. The van der Waals surface area contributed by atoms with E-state index in [-0.39, 0.29) is 0 Å². The van der Waals surface area contributed by atoms with Crippen molar-refractivity contribution in [3.05, 3.63) is 41.5 Å². The van der Waals surface area contributed by atoms with Gasteiger partial charge in [-0.1, -0.05) is 18.2 Å². The molecule has 0 spiro atoms. The predicted octanol–water partition coefficient (Wildman–Crippen LogP) is 2.07. The Morgan fingerprint density at radius 1 is 1.33 bits per heavy atom. The number of hydrogen-bond acceptors (Lipinski definition) is 2. The average Bonchev–Trinajstić information content (AvgIpc) is 2.71. The van der Waals surface area contributed by atoms with Gasteiger partial charge < -0.3 is 10.0 Å². The van der Waals surface area contributed by atoms with Crippen LogP contribution in [0.1, 0.15) is 15.9 Å². The Kier molecular flexibility index (Phi) is 2.46. The van der Waals surface area contributed by atoms with Crippen LogP contribution in [0.4, 0.5) is 5.69 Å². The summed E-state index contributed by atoms with van der Waals surface area (Å²) < 4.78 is 0. The van der Waals surface area contributed by atoms with Crippen molar-refractivity contribution in [3.8, 4) is 0 Å². The average molecular weight is 203 g/mol. The molecule has 78 valence electrons. The molecule has 0 radical (unpaired) electrons. The van der Waals surface area contributed by atoms with Crippen molar-refractivity contribution >= 4 is 11.7 Å². The Bertz CT molecular complexity index is 416. The Balaban J connectivity index is 2.33. The fourth-order valence-corrected chi connectivity index (χ4v) is 1.73. The van der Waals surface area contributed by atoms with Gasteiger partial charge in [-0.3, -0.25) is 0 Å². The maximum absolute atomic E-state index is 11.0. The summed E-state index contributed by atoms with van der Waals surface area (Å²) in [7, 11) is 0. The lowest BCUT2D eigenvalue weighted by Gasteiger charge is -2.18. The van der Waals surface area contributed by atoms with Crippen molar-refractivity contribution in [3.63, 3.8) is 0 Å². The van der Waals surface area contributed by atoms with E-state index in [1.807, 2.05) is 19.1 Å². The van der Waals surface area contributed by atoms with Crippen LogP contribution in [-0.2, 0) is 0 Å². The number of carbonyl (C=O) groups is 1. The maximum atomic E-state index is 11.0. The van der Waals surface area contributed by atoms with Crippen molar-refractivity contribution < 1.29 is 9.90 Å². The molecule has 0 bridgehead atoms. The first kappa shape index (κ1) is 9.77. The number of carboxylic acid groups (broad SMARTS) is 1. The number of aromatic carboxylic acids is 1. The summed E-state index contributed by atoms with van der Waals surface area (Å²) in [4.78, 5) is 13.1. The molecule has 0 amide bonds. The zero-order valence-corrected chi connectivity index (χ0v) is 8.60. The van der Waals surface area contributed by atoms with Crippen LogP contribution in [0.25, 0.3) is 0 Å². The first-order valence-corrected chi connectivity index (χ1v) is 4.92. The van der Waals surface area contributed by atoms with Crippen LogP contribution in [0, 0.1) is 6.92 Å². The Labute approximate surface area is 88.6 Å². The molecule has 0 unspecified atom stereocenters. The topological polar surface area (TPSA) is 40.5 Å². The lowest BCUT2D eigenvalue weighted by atomic mass is 10.1. The molecule has 3 nitrogen and oxygen atoms in total. The third kappa shape index (κ3) is 1.86. The fraction of sp³-hybridized carbons (Fsp3) is 0.250. The summed E-state index contributed by atoms with van der Waals surface area (Å²) in [6, 6.07) is 5.57. The van der Waals surface area contributed by atoms with E-state index in [0.717, 1.165) is 24.3 Å². The molecule has 3 heteroatoms. The van der Waals surface area contributed by atoms with E-state index in [4.69, 9.17) is 5.11 Å². The first-order chi connectivity index (χ1) is 7.18. The van der Waals surface area contributed by atoms with Crippen LogP contribution < -0.4 is 4.90 Å². The van der Waals surface area contributed by atoms with Crippen LogP contribution in [0.5, 0.6) is 0 Å². The van der Waals surface area contributed by atoms with Gasteiger partial charge in [0.1, 0.15) is 0 Å². The molecule has 0 fully saturated rings. The highest BCUT2D eigenvalue weighted by Crippen LogP contribution is 2.21. The first-order valence-electron chi connectivity index (χ1n) is 4.92. The second kappa shape index (κ2) is 3.77. The molecule has 2 rings (SSSR count). The van der Waals surface area contributed by atoms with E-state index >= 15 is 0 Å². The van der Waals surface area contributed by atoms with Crippen LogP contribution in [-0.4, -0.2) is 24.2 Å². The minimum atomic E-state index is -0.860. The lowest BCUT2D eigenvalue weighted by Crippen LogP contribution is -2.19. The maximum Gasteiger partial charge on any atom is 0.336 e. The van der Waals surface area contributed by atoms with E-state index < -0.39 is 5.97 Å². The zero-order chi connectivity index (χ0) is 10.8. The number of carboxylic acids is 1. The smallest absolute Gasteiger partial charge is 0.336 e. The molecule has 0 aliphatic carbocycles. The lowest BCUT2D eigenvalue weighted by molar-refractivity contribution is 0.0696. The minimum Gasteiger partial charge on any atom is -0.478 e. The monoisotopic (exact) mass is 203 g/mol. The summed E-state index contributed by atoms with van der Waals surface area (Å²) in [6.45, 7) is 3.54. The molecule has 15 heavy (non-hydrogen) atoms. The quantitative estimate of drug-likeness (QED) is 0.748. The fourth-order valence-electron chi connectivity index (χ4n) is 1.73. The second-order valence-electron chi connectivity index (χ2n) is 3.68.